The Labute approximate surface area is 148 Å². The molecule has 0 spiro atoms. The summed E-state index contributed by atoms with van der Waals surface area (Å²) in [5.74, 6) is -1.59. The normalized spacial score (nSPS) is 10.2. The van der Waals surface area contributed by atoms with E-state index >= 15 is 0 Å². The fraction of sp³-hybridized carbons (Fsp3) is 0.588. The van der Waals surface area contributed by atoms with E-state index in [2.05, 4.69) is 9.47 Å². The molecule has 0 aromatic carbocycles. The maximum Gasteiger partial charge on any atom is 0.331 e. The Morgan fingerprint density at radius 1 is 0.760 bits per heavy atom. The van der Waals surface area contributed by atoms with Crippen LogP contribution in [0, 0.1) is 0 Å². The van der Waals surface area contributed by atoms with Gasteiger partial charge in [0.2, 0.25) is 0 Å². The van der Waals surface area contributed by atoms with E-state index in [1.807, 2.05) is 6.92 Å². The molecule has 0 saturated heterocycles. The average molecular weight is 360 g/mol. The van der Waals surface area contributed by atoms with Crippen LogP contribution in [0.1, 0.15) is 33.1 Å². The molecule has 0 fully saturated rings. The van der Waals surface area contributed by atoms with E-state index in [1.165, 1.54) is 6.08 Å². The SMILES string of the molecule is CC=CC(=O)OCCCO.CCCCOC(=O)C=CC(=O)OCCO. The van der Waals surface area contributed by atoms with Gasteiger partial charge in [-0.05, 0) is 13.3 Å². The maximum absolute atomic E-state index is 10.9. The molecular formula is C17H28O8. The number of allylic oxidation sites excluding steroid dienone is 1. The molecular weight excluding hydrogens is 332 g/mol. The van der Waals surface area contributed by atoms with Gasteiger partial charge in [0.25, 0.3) is 0 Å². The molecule has 0 aliphatic rings. The van der Waals surface area contributed by atoms with Crippen molar-refractivity contribution < 1.29 is 38.8 Å². The third-order valence-corrected chi connectivity index (χ3v) is 2.28. The van der Waals surface area contributed by atoms with Crippen LogP contribution in [0.2, 0.25) is 0 Å². The summed E-state index contributed by atoms with van der Waals surface area (Å²) >= 11 is 0. The maximum atomic E-state index is 10.9. The minimum absolute atomic E-state index is 0.0587. The van der Waals surface area contributed by atoms with E-state index in [4.69, 9.17) is 14.9 Å². The molecule has 2 N–H and O–H groups in total. The Kier molecular flexibility index (Phi) is 19.9. The number of carbonyl (C=O) groups is 3. The Hall–Kier alpha value is -2.19. The Morgan fingerprint density at radius 3 is 1.68 bits per heavy atom. The minimum atomic E-state index is -0.670. The molecule has 0 heterocycles. The van der Waals surface area contributed by atoms with Crippen LogP contribution in [0.3, 0.4) is 0 Å². The van der Waals surface area contributed by atoms with Gasteiger partial charge in [-0.25, -0.2) is 14.4 Å². The topological polar surface area (TPSA) is 119 Å². The van der Waals surface area contributed by atoms with E-state index in [0.717, 1.165) is 25.0 Å². The Balaban J connectivity index is 0. The lowest BCUT2D eigenvalue weighted by Gasteiger charge is -1.99. The first-order valence-corrected chi connectivity index (χ1v) is 8.04. The van der Waals surface area contributed by atoms with E-state index in [1.54, 1.807) is 13.0 Å². The van der Waals surface area contributed by atoms with Crippen molar-refractivity contribution in [1.82, 2.24) is 0 Å². The zero-order valence-electron chi connectivity index (χ0n) is 14.8. The summed E-state index contributed by atoms with van der Waals surface area (Å²) in [6.07, 6.45) is 7.19. The van der Waals surface area contributed by atoms with E-state index in [-0.39, 0.29) is 25.8 Å². The van der Waals surface area contributed by atoms with Crippen molar-refractivity contribution in [2.45, 2.75) is 33.1 Å². The summed E-state index contributed by atoms with van der Waals surface area (Å²) in [5, 5.41) is 16.6. The smallest absolute Gasteiger partial charge is 0.331 e. The molecule has 0 aliphatic carbocycles. The molecule has 25 heavy (non-hydrogen) atoms. The van der Waals surface area contributed by atoms with Crippen LogP contribution < -0.4 is 0 Å². The lowest BCUT2D eigenvalue weighted by Crippen LogP contribution is -2.07. The monoisotopic (exact) mass is 360 g/mol. The van der Waals surface area contributed by atoms with Gasteiger partial charge in [-0.1, -0.05) is 19.4 Å². The molecule has 0 aromatic heterocycles. The first-order valence-electron chi connectivity index (χ1n) is 8.04. The average Bonchev–Trinajstić information content (AvgIpc) is 2.59. The van der Waals surface area contributed by atoms with Crippen molar-refractivity contribution >= 4 is 17.9 Å². The number of carbonyl (C=O) groups excluding carboxylic acids is 3. The first-order chi connectivity index (χ1) is 12.0. The molecule has 0 saturated carbocycles. The Bertz CT molecular complexity index is 415. The van der Waals surface area contributed by atoms with Gasteiger partial charge in [0.05, 0.1) is 19.8 Å². The second-order valence-electron chi connectivity index (χ2n) is 4.49. The van der Waals surface area contributed by atoms with Crippen molar-refractivity contribution in [2.24, 2.45) is 0 Å². The molecule has 0 aliphatic heterocycles. The summed E-state index contributed by atoms with van der Waals surface area (Å²) in [4.78, 5) is 32.3. The number of esters is 3. The number of rotatable bonds is 11. The Morgan fingerprint density at radius 2 is 1.24 bits per heavy atom. The molecule has 0 atom stereocenters. The fourth-order valence-corrected chi connectivity index (χ4v) is 1.12. The zero-order chi connectivity index (χ0) is 19.3. The molecule has 0 rings (SSSR count). The highest BCUT2D eigenvalue weighted by Gasteiger charge is 1.99. The summed E-state index contributed by atoms with van der Waals surface area (Å²) in [6.45, 7) is 4.12. The van der Waals surface area contributed by atoms with E-state index < -0.39 is 11.9 Å². The predicted molar refractivity (Wildman–Crippen MR) is 90.5 cm³/mol. The van der Waals surface area contributed by atoms with Crippen molar-refractivity contribution in [3.8, 4) is 0 Å². The van der Waals surface area contributed by atoms with Gasteiger partial charge in [0, 0.05) is 31.3 Å². The molecule has 144 valence electrons. The molecule has 0 amide bonds. The number of aliphatic hydroxyl groups is 2. The van der Waals surface area contributed by atoms with Crippen LogP contribution in [-0.4, -0.2) is 61.2 Å². The summed E-state index contributed by atoms with van der Waals surface area (Å²) in [5.41, 5.74) is 0. The van der Waals surface area contributed by atoms with Gasteiger partial charge in [0.15, 0.2) is 0 Å². The summed E-state index contributed by atoms with van der Waals surface area (Å²) < 4.78 is 13.9. The lowest BCUT2D eigenvalue weighted by molar-refractivity contribution is -0.141. The van der Waals surface area contributed by atoms with Crippen molar-refractivity contribution in [2.75, 3.05) is 33.0 Å². The fourth-order valence-electron chi connectivity index (χ4n) is 1.12. The number of hydrogen-bond donors (Lipinski definition) is 2. The van der Waals surface area contributed by atoms with Crippen molar-refractivity contribution in [3.05, 3.63) is 24.3 Å². The largest absolute Gasteiger partial charge is 0.463 e. The molecule has 8 heteroatoms. The number of ether oxygens (including phenoxy) is 3. The molecule has 0 bridgehead atoms. The van der Waals surface area contributed by atoms with Crippen LogP contribution in [0.25, 0.3) is 0 Å². The van der Waals surface area contributed by atoms with Crippen molar-refractivity contribution in [1.29, 1.82) is 0 Å². The third-order valence-electron chi connectivity index (χ3n) is 2.28. The van der Waals surface area contributed by atoms with Crippen LogP contribution in [-0.2, 0) is 28.6 Å². The van der Waals surface area contributed by atoms with E-state index in [0.29, 0.717) is 19.6 Å². The second-order valence-corrected chi connectivity index (χ2v) is 4.49. The van der Waals surface area contributed by atoms with Crippen molar-refractivity contribution in [3.63, 3.8) is 0 Å². The van der Waals surface area contributed by atoms with Crippen LogP contribution in [0.4, 0.5) is 0 Å². The third kappa shape index (κ3) is 21.8. The van der Waals surface area contributed by atoms with Crippen LogP contribution in [0.15, 0.2) is 24.3 Å². The summed E-state index contributed by atoms with van der Waals surface area (Å²) in [7, 11) is 0. The number of hydrogen-bond acceptors (Lipinski definition) is 8. The second kappa shape index (κ2) is 19.9. The summed E-state index contributed by atoms with van der Waals surface area (Å²) in [6, 6.07) is 0. The van der Waals surface area contributed by atoms with Gasteiger partial charge in [-0.3, -0.25) is 0 Å². The molecule has 0 radical (unpaired) electrons. The zero-order valence-corrected chi connectivity index (χ0v) is 14.8. The number of aliphatic hydroxyl groups excluding tert-OH is 2. The lowest BCUT2D eigenvalue weighted by atomic mass is 10.4. The highest BCUT2D eigenvalue weighted by atomic mass is 16.5. The quantitative estimate of drug-likeness (QED) is 0.241. The predicted octanol–water partition coefficient (Wildman–Crippen LogP) is 0.909. The van der Waals surface area contributed by atoms with Gasteiger partial charge in [-0.15, -0.1) is 0 Å². The van der Waals surface area contributed by atoms with Gasteiger partial charge >= 0.3 is 17.9 Å². The first kappa shape index (κ1) is 25.1. The van der Waals surface area contributed by atoms with E-state index in [9.17, 15) is 14.4 Å². The van der Waals surface area contributed by atoms with Crippen LogP contribution in [0.5, 0.6) is 0 Å². The highest BCUT2D eigenvalue weighted by molar-refractivity contribution is 5.91. The van der Waals surface area contributed by atoms with Gasteiger partial charge in [-0.2, -0.15) is 0 Å². The minimum Gasteiger partial charge on any atom is -0.463 e. The highest BCUT2D eigenvalue weighted by Crippen LogP contribution is 1.90. The van der Waals surface area contributed by atoms with Gasteiger partial charge < -0.3 is 24.4 Å². The molecule has 8 nitrogen and oxygen atoms in total. The standard InChI is InChI=1S/C10H16O5.C7H12O3/c1-2-3-7-14-9(12)4-5-10(13)15-8-6-11;1-2-4-7(9)10-6-3-5-8/h4-5,11H,2-3,6-8H2,1H3;2,4,8H,3,5-6H2,1H3. The van der Waals surface area contributed by atoms with Crippen LogP contribution >= 0.6 is 0 Å². The van der Waals surface area contributed by atoms with Gasteiger partial charge in [0.1, 0.15) is 6.61 Å². The number of unbranched alkanes of at least 4 members (excludes halogenated alkanes) is 1. The molecule has 0 unspecified atom stereocenters. The molecule has 0 aromatic rings.